The Kier molecular flexibility index (Phi) is 4.82. The normalized spacial score (nSPS) is 14.8. The van der Waals surface area contributed by atoms with E-state index in [1.54, 1.807) is 6.92 Å². The summed E-state index contributed by atoms with van der Waals surface area (Å²) in [4.78, 5) is 9.95. The summed E-state index contributed by atoms with van der Waals surface area (Å²) >= 11 is 0. The molecule has 8 heteroatoms. The summed E-state index contributed by atoms with van der Waals surface area (Å²) < 4.78 is 52.6. The van der Waals surface area contributed by atoms with E-state index in [0.29, 0.717) is 0 Å². The highest BCUT2D eigenvalue weighted by Gasteiger charge is 2.34. The third-order valence-electron chi connectivity index (χ3n) is 3.14. The summed E-state index contributed by atoms with van der Waals surface area (Å²) in [5.74, 6) is -3.66. The van der Waals surface area contributed by atoms with Crippen LogP contribution in [0.5, 0.6) is 0 Å². The lowest BCUT2D eigenvalue weighted by atomic mass is 9.88. The highest BCUT2D eigenvalue weighted by molar-refractivity contribution is 7.89. The summed E-state index contributed by atoms with van der Waals surface area (Å²) in [5.41, 5.74) is -1.35. The first-order chi connectivity index (χ1) is 9.14. The van der Waals surface area contributed by atoms with Gasteiger partial charge in [-0.3, -0.25) is 4.79 Å². The van der Waals surface area contributed by atoms with Crippen molar-refractivity contribution in [2.75, 3.05) is 6.54 Å². The van der Waals surface area contributed by atoms with Crippen LogP contribution in [0.25, 0.3) is 0 Å². The summed E-state index contributed by atoms with van der Waals surface area (Å²) in [6, 6.07) is 2.67. The van der Waals surface area contributed by atoms with Crippen molar-refractivity contribution in [1.82, 2.24) is 4.72 Å². The van der Waals surface area contributed by atoms with Crippen LogP contribution in [0.2, 0.25) is 0 Å². The second-order valence-electron chi connectivity index (χ2n) is 4.59. The van der Waals surface area contributed by atoms with Gasteiger partial charge in [-0.2, -0.15) is 0 Å². The Morgan fingerprint density at radius 1 is 1.35 bits per heavy atom. The molecular weight excluding hydrogens is 292 g/mol. The second kappa shape index (κ2) is 5.84. The quantitative estimate of drug-likeness (QED) is 0.838. The molecule has 1 aromatic carbocycles. The number of hydrogen-bond acceptors (Lipinski definition) is 3. The molecule has 1 unspecified atom stereocenters. The predicted molar refractivity (Wildman–Crippen MR) is 67.6 cm³/mol. The van der Waals surface area contributed by atoms with Crippen molar-refractivity contribution in [2.24, 2.45) is 5.41 Å². The largest absolute Gasteiger partial charge is 0.481 e. The van der Waals surface area contributed by atoms with Gasteiger partial charge in [0.1, 0.15) is 11.6 Å². The molecule has 0 aliphatic heterocycles. The maximum atomic E-state index is 13.4. The van der Waals surface area contributed by atoms with Gasteiger partial charge in [0.2, 0.25) is 10.0 Å². The minimum absolute atomic E-state index is 0.157. The van der Waals surface area contributed by atoms with Crippen molar-refractivity contribution in [1.29, 1.82) is 0 Å². The number of hydrogen-bond donors (Lipinski definition) is 2. The van der Waals surface area contributed by atoms with E-state index >= 15 is 0 Å². The van der Waals surface area contributed by atoms with Crippen LogP contribution >= 0.6 is 0 Å². The van der Waals surface area contributed by atoms with Crippen molar-refractivity contribution < 1.29 is 27.1 Å². The molecule has 112 valence electrons. The topological polar surface area (TPSA) is 83.5 Å². The fraction of sp³-hybridized carbons (Fsp3) is 0.417. The molecule has 0 saturated carbocycles. The highest BCUT2D eigenvalue weighted by Crippen LogP contribution is 2.23. The fourth-order valence-electron chi connectivity index (χ4n) is 1.42. The van der Waals surface area contributed by atoms with Crippen LogP contribution < -0.4 is 4.72 Å². The molecule has 0 bridgehead atoms. The Morgan fingerprint density at radius 2 is 1.85 bits per heavy atom. The number of rotatable bonds is 6. The van der Waals surface area contributed by atoms with Gasteiger partial charge in [0, 0.05) is 6.54 Å². The number of halogens is 2. The van der Waals surface area contributed by atoms with E-state index in [0.717, 1.165) is 18.2 Å². The van der Waals surface area contributed by atoms with Crippen LogP contribution in [-0.4, -0.2) is 26.0 Å². The van der Waals surface area contributed by atoms with Gasteiger partial charge in [-0.15, -0.1) is 0 Å². The smallest absolute Gasteiger partial charge is 0.310 e. The average Bonchev–Trinajstić information content (AvgIpc) is 2.35. The van der Waals surface area contributed by atoms with Gasteiger partial charge in [-0.05, 0) is 25.5 Å². The first kappa shape index (κ1) is 16.5. The molecule has 2 N–H and O–H groups in total. The molecule has 0 saturated heterocycles. The van der Waals surface area contributed by atoms with Crippen molar-refractivity contribution in [3.05, 3.63) is 29.8 Å². The van der Waals surface area contributed by atoms with Crippen LogP contribution in [0.15, 0.2) is 23.1 Å². The third kappa shape index (κ3) is 3.31. The average molecular weight is 307 g/mol. The molecule has 1 rings (SSSR count). The van der Waals surface area contributed by atoms with Crippen molar-refractivity contribution in [3.63, 3.8) is 0 Å². The Bertz CT molecular complexity index is 598. The molecule has 0 radical (unpaired) electrons. The number of benzene rings is 1. The van der Waals surface area contributed by atoms with E-state index in [1.807, 2.05) is 4.72 Å². The zero-order chi connectivity index (χ0) is 15.6. The number of carboxylic acid groups (broad SMARTS) is 1. The standard InChI is InChI=1S/C12H15F2NO4S/c1-3-12(2,11(16)17)7-15-20(18,19)10-8(13)5-4-6-9(10)14/h4-6,15H,3,7H2,1-2H3,(H,16,17). The van der Waals surface area contributed by atoms with Crippen LogP contribution in [0.4, 0.5) is 8.78 Å². The first-order valence-corrected chi connectivity index (χ1v) is 7.29. The third-order valence-corrected chi connectivity index (χ3v) is 4.59. The Hall–Kier alpha value is -1.54. The number of carbonyl (C=O) groups is 1. The maximum absolute atomic E-state index is 13.4. The number of sulfonamides is 1. The molecule has 20 heavy (non-hydrogen) atoms. The van der Waals surface area contributed by atoms with E-state index in [1.165, 1.54) is 6.92 Å². The van der Waals surface area contributed by atoms with E-state index in [9.17, 15) is 22.0 Å². The fourth-order valence-corrected chi connectivity index (χ4v) is 2.72. The summed E-state index contributed by atoms with van der Waals surface area (Å²) in [6.45, 7) is 2.45. The van der Waals surface area contributed by atoms with Crippen LogP contribution in [-0.2, 0) is 14.8 Å². The zero-order valence-electron chi connectivity index (χ0n) is 11.0. The molecule has 0 aliphatic carbocycles. The maximum Gasteiger partial charge on any atom is 0.310 e. The molecule has 0 aromatic heterocycles. The zero-order valence-corrected chi connectivity index (χ0v) is 11.8. The Labute approximate surface area is 115 Å². The van der Waals surface area contributed by atoms with Crippen molar-refractivity contribution >= 4 is 16.0 Å². The molecule has 0 aliphatic rings. The summed E-state index contributed by atoms with van der Waals surface area (Å²) in [5, 5.41) is 9.03. The van der Waals surface area contributed by atoms with Crippen molar-refractivity contribution in [2.45, 2.75) is 25.2 Å². The van der Waals surface area contributed by atoms with E-state index < -0.39 is 44.5 Å². The first-order valence-electron chi connectivity index (χ1n) is 5.81. The Morgan fingerprint density at radius 3 is 2.25 bits per heavy atom. The minimum Gasteiger partial charge on any atom is -0.481 e. The molecule has 0 heterocycles. The number of aliphatic carboxylic acids is 1. The second-order valence-corrected chi connectivity index (χ2v) is 6.30. The number of nitrogens with one attached hydrogen (secondary N) is 1. The lowest BCUT2D eigenvalue weighted by Crippen LogP contribution is -2.41. The summed E-state index contributed by atoms with van der Waals surface area (Å²) in [7, 11) is -4.46. The molecule has 0 spiro atoms. The minimum atomic E-state index is -4.46. The van der Waals surface area contributed by atoms with Crippen LogP contribution in [0.1, 0.15) is 20.3 Å². The van der Waals surface area contributed by atoms with E-state index in [-0.39, 0.29) is 6.42 Å². The van der Waals surface area contributed by atoms with Gasteiger partial charge in [-0.1, -0.05) is 13.0 Å². The van der Waals surface area contributed by atoms with Gasteiger partial charge in [-0.25, -0.2) is 21.9 Å². The van der Waals surface area contributed by atoms with E-state index in [4.69, 9.17) is 5.11 Å². The van der Waals surface area contributed by atoms with Gasteiger partial charge < -0.3 is 5.11 Å². The summed E-state index contributed by atoms with van der Waals surface area (Å²) in [6.07, 6.45) is 0.157. The monoisotopic (exact) mass is 307 g/mol. The van der Waals surface area contributed by atoms with Crippen molar-refractivity contribution in [3.8, 4) is 0 Å². The Balaban J connectivity index is 3.06. The van der Waals surface area contributed by atoms with Crippen LogP contribution in [0.3, 0.4) is 0 Å². The highest BCUT2D eigenvalue weighted by atomic mass is 32.2. The lowest BCUT2D eigenvalue weighted by molar-refractivity contribution is -0.147. The van der Waals surface area contributed by atoms with Gasteiger partial charge in [0.25, 0.3) is 0 Å². The lowest BCUT2D eigenvalue weighted by Gasteiger charge is -2.23. The van der Waals surface area contributed by atoms with Crippen LogP contribution in [0, 0.1) is 17.0 Å². The molecule has 1 aromatic rings. The number of carboxylic acids is 1. The molecule has 0 fully saturated rings. The van der Waals surface area contributed by atoms with Gasteiger partial charge >= 0.3 is 5.97 Å². The molecule has 5 nitrogen and oxygen atoms in total. The molecule has 0 amide bonds. The van der Waals surface area contributed by atoms with E-state index in [2.05, 4.69) is 0 Å². The SMILES string of the molecule is CCC(C)(CNS(=O)(=O)c1c(F)cccc1F)C(=O)O. The van der Waals surface area contributed by atoms with Gasteiger partial charge in [0.05, 0.1) is 5.41 Å². The molecular formula is C12H15F2NO4S. The predicted octanol–water partition coefficient (Wildman–Crippen LogP) is 1.74. The molecule has 1 atom stereocenters. The van der Waals surface area contributed by atoms with Gasteiger partial charge in [0.15, 0.2) is 4.90 Å².